The molecule has 0 aromatic heterocycles. The number of aliphatic hydroxyl groups excluding tert-OH is 2. The zero-order valence-corrected chi connectivity index (χ0v) is 9.71. The molecule has 0 rings (SSSR count). The van der Waals surface area contributed by atoms with Gasteiger partial charge in [-0.25, -0.2) is 0 Å². The van der Waals surface area contributed by atoms with Crippen LogP contribution in [0.15, 0.2) is 0 Å². The van der Waals surface area contributed by atoms with Crippen molar-refractivity contribution in [2.24, 2.45) is 0 Å². The number of rotatable bonds is 4. The van der Waals surface area contributed by atoms with Crippen molar-refractivity contribution < 1.29 is 27.3 Å². The quantitative estimate of drug-likeness (QED) is 0.486. The van der Waals surface area contributed by atoms with Crippen LogP contribution >= 0.6 is 0 Å². The van der Waals surface area contributed by atoms with Crippen LogP contribution in [0.25, 0.3) is 0 Å². The maximum Gasteiger partial charge on any atom is 0.0636 e. The molecule has 2 unspecified atom stereocenters. The third-order valence-electron chi connectivity index (χ3n) is 0.999. The summed E-state index contributed by atoms with van der Waals surface area (Å²) in [6.45, 7) is 4.85. The second-order valence-corrected chi connectivity index (χ2v) is 2.81. The number of nitrogens with one attached hydrogen (secondary N) is 2. The molecule has 87 valence electrons. The summed E-state index contributed by atoms with van der Waals surface area (Å²) in [5.41, 5.74) is 0. The van der Waals surface area contributed by atoms with Crippen molar-refractivity contribution in [3.8, 4) is 0 Å². The van der Waals surface area contributed by atoms with E-state index < -0.39 is 0 Å². The molecule has 0 aliphatic heterocycles. The van der Waals surface area contributed by atoms with Gasteiger partial charge >= 0.3 is 0 Å². The fourth-order valence-electron chi connectivity index (χ4n) is 0.591. The summed E-state index contributed by atoms with van der Waals surface area (Å²) in [7, 11) is 3.62. The molecule has 0 aromatic rings. The molecule has 4 N–H and O–H groups in total. The second kappa shape index (κ2) is 14.9. The molecule has 0 fully saturated rings. The van der Waals surface area contributed by atoms with Gasteiger partial charge in [-0.15, -0.1) is 0 Å². The average Bonchev–Trinajstić information content (AvgIpc) is 1.87. The molecule has 0 saturated heterocycles. The zero-order valence-electron chi connectivity index (χ0n) is 8.76. The SMILES string of the molecule is CNCC(C)O.CNCC(C)O.[Cu]. The van der Waals surface area contributed by atoms with Crippen molar-refractivity contribution in [3.63, 3.8) is 0 Å². The molecular weight excluding hydrogens is 220 g/mol. The predicted molar refractivity (Wildman–Crippen MR) is 51.2 cm³/mol. The minimum atomic E-state index is -0.213. The first-order chi connectivity index (χ1) is 5.54. The van der Waals surface area contributed by atoms with Gasteiger partial charge in [0.15, 0.2) is 0 Å². The molecule has 0 bridgehead atoms. The number of hydrogen-bond acceptors (Lipinski definition) is 4. The van der Waals surface area contributed by atoms with Gasteiger partial charge in [-0.05, 0) is 27.9 Å². The molecule has 0 heterocycles. The average molecular weight is 242 g/mol. The molecule has 1 radical (unpaired) electrons. The Morgan fingerprint density at radius 3 is 1.15 bits per heavy atom. The Labute approximate surface area is 91.6 Å². The third-order valence-corrected chi connectivity index (χ3v) is 0.999. The Morgan fingerprint density at radius 1 is 0.923 bits per heavy atom. The van der Waals surface area contributed by atoms with Gasteiger partial charge in [0, 0.05) is 30.2 Å². The van der Waals surface area contributed by atoms with E-state index in [1.807, 2.05) is 14.1 Å². The molecule has 0 aliphatic carbocycles. The Bertz CT molecular complexity index is 72.5. The summed E-state index contributed by atoms with van der Waals surface area (Å²) in [5, 5.41) is 22.6. The third kappa shape index (κ3) is 32.8. The molecular formula is C8H22CuN2O2. The van der Waals surface area contributed by atoms with E-state index in [4.69, 9.17) is 10.2 Å². The van der Waals surface area contributed by atoms with Crippen LogP contribution in [0.3, 0.4) is 0 Å². The van der Waals surface area contributed by atoms with Crippen molar-refractivity contribution >= 4 is 0 Å². The zero-order chi connectivity index (χ0) is 9.98. The van der Waals surface area contributed by atoms with Crippen LogP contribution in [-0.4, -0.2) is 49.6 Å². The summed E-state index contributed by atoms with van der Waals surface area (Å²) in [4.78, 5) is 0. The standard InChI is InChI=1S/2C4H11NO.Cu/c2*1-4(6)3-5-2;/h2*4-6H,3H2,1-2H3;. The topological polar surface area (TPSA) is 64.5 Å². The van der Waals surface area contributed by atoms with E-state index in [2.05, 4.69) is 10.6 Å². The van der Waals surface area contributed by atoms with E-state index in [-0.39, 0.29) is 29.3 Å². The molecule has 13 heavy (non-hydrogen) atoms. The van der Waals surface area contributed by atoms with Gasteiger partial charge in [0.2, 0.25) is 0 Å². The second-order valence-electron chi connectivity index (χ2n) is 2.81. The minimum absolute atomic E-state index is 0. The molecule has 2 atom stereocenters. The van der Waals surface area contributed by atoms with Gasteiger partial charge < -0.3 is 20.8 Å². The van der Waals surface area contributed by atoms with Crippen molar-refractivity contribution in [3.05, 3.63) is 0 Å². The molecule has 0 spiro atoms. The molecule has 5 heteroatoms. The van der Waals surface area contributed by atoms with Crippen LogP contribution in [0.5, 0.6) is 0 Å². The van der Waals surface area contributed by atoms with Gasteiger partial charge in [-0.2, -0.15) is 0 Å². The van der Waals surface area contributed by atoms with E-state index in [1.165, 1.54) is 0 Å². The maximum absolute atomic E-state index is 8.49. The first kappa shape index (κ1) is 19.0. The van der Waals surface area contributed by atoms with E-state index in [1.54, 1.807) is 13.8 Å². The van der Waals surface area contributed by atoms with Crippen LogP contribution in [0.1, 0.15) is 13.8 Å². The largest absolute Gasteiger partial charge is 0.392 e. The Hall–Kier alpha value is 0.359. The van der Waals surface area contributed by atoms with E-state index >= 15 is 0 Å². The smallest absolute Gasteiger partial charge is 0.0636 e. The van der Waals surface area contributed by atoms with Crippen LogP contribution in [0, 0.1) is 0 Å². The number of likely N-dealkylation sites (N-methyl/N-ethyl adjacent to an activating group) is 2. The number of hydrogen-bond donors (Lipinski definition) is 4. The fraction of sp³-hybridized carbons (Fsp3) is 1.00. The van der Waals surface area contributed by atoms with Crippen LogP contribution in [-0.2, 0) is 17.1 Å². The maximum atomic E-state index is 8.49. The molecule has 0 saturated carbocycles. The van der Waals surface area contributed by atoms with Crippen LogP contribution in [0.4, 0.5) is 0 Å². The Kier molecular flexibility index (Phi) is 21.7. The van der Waals surface area contributed by atoms with E-state index in [0.29, 0.717) is 13.1 Å². The van der Waals surface area contributed by atoms with Crippen molar-refractivity contribution in [2.75, 3.05) is 27.2 Å². The Balaban J connectivity index is -0.000000143. The van der Waals surface area contributed by atoms with Crippen LogP contribution in [0.2, 0.25) is 0 Å². The van der Waals surface area contributed by atoms with Gasteiger partial charge in [-0.3, -0.25) is 0 Å². The minimum Gasteiger partial charge on any atom is -0.392 e. The van der Waals surface area contributed by atoms with Crippen molar-refractivity contribution in [2.45, 2.75) is 26.1 Å². The van der Waals surface area contributed by atoms with Gasteiger partial charge in [0.25, 0.3) is 0 Å². The Morgan fingerprint density at radius 2 is 1.15 bits per heavy atom. The first-order valence-corrected chi connectivity index (χ1v) is 4.19. The summed E-state index contributed by atoms with van der Waals surface area (Å²) in [5.74, 6) is 0. The number of aliphatic hydroxyl groups is 2. The molecule has 4 nitrogen and oxygen atoms in total. The molecule has 0 aromatic carbocycles. The van der Waals surface area contributed by atoms with Crippen molar-refractivity contribution in [1.29, 1.82) is 0 Å². The van der Waals surface area contributed by atoms with Crippen molar-refractivity contribution in [1.82, 2.24) is 10.6 Å². The monoisotopic (exact) mass is 241 g/mol. The van der Waals surface area contributed by atoms with Crippen LogP contribution < -0.4 is 10.6 Å². The van der Waals surface area contributed by atoms with Gasteiger partial charge in [0.05, 0.1) is 12.2 Å². The summed E-state index contributed by atoms with van der Waals surface area (Å²) in [6, 6.07) is 0. The summed E-state index contributed by atoms with van der Waals surface area (Å²) in [6.07, 6.45) is -0.426. The fourth-order valence-corrected chi connectivity index (χ4v) is 0.591. The molecule has 0 amide bonds. The molecule has 0 aliphatic rings. The van der Waals surface area contributed by atoms with E-state index in [9.17, 15) is 0 Å². The van der Waals surface area contributed by atoms with E-state index in [0.717, 1.165) is 0 Å². The normalized spacial score (nSPS) is 13.4. The summed E-state index contributed by atoms with van der Waals surface area (Å²) < 4.78 is 0. The first-order valence-electron chi connectivity index (χ1n) is 4.19. The summed E-state index contributed by atoms with van der Waals surface area (Å²) >= 11 is 0. The predicted octanol–water partition coefficient (Wildman–Crippen LogP) is -0.829. The van der Waals surface area contributed by atoms with Gasteiger partial charge in [-0.1, -0.05) is 0 Å². The van der Waals surface area contributed by atoms with Gasteiger partial charge in [0.1, 0.15) is 0 Å².